The van der Waals surface area contributed by atoms with Gasteiger partial charge in [-0.3, -0.25) is 4.99 Å². The monoisotopic (exact) mass is 348 g/mol. The van der Waals surface area contributed by atoms with E-state index in [-0.39, 0.29) is 0 Å². The van der Waals surface area contributed by atoms with Crippen molar-refractivity contribution >= 4 is 5.96 Å². The molecule has 3 N–H and O–H groups in total. The van der Waals surface area contributed by atoms with E-state index in [9.17, 15) is 5.11 Å². The predicted molar refractivity (Wildman–Crippen MR) is 107 cm³/mol. The molecule has 0 aliphatic carbocycles. The first kappa shape index (κ1) is 21.3. The summed E-state index contributed by atoms with van der Waals surface area (Å²) in [5, 5.41) is 16.3. The quantitative estimate of drug-likeness (QED) is 0.425. The van der Waals surface area contributed by atoms with Crippen molar-refractivity contribution in [3.05, 3.63) is 29.8 Å². The summed E-state index contributed by atoms with van der Waals surface area (Å²) in [6.07, 6.45) is 3.15. The van der Waals surface area contributed by atoms with E-state index in [0.717, 1.165) is 50.5 Å². The third kappa shape index (κ3) is 9.34. The third-order valence-corrected chi connectivity index (χ3v) is 4.31. The van der Waals surface area contributed by atoms with Crippen LogP contribution in [0.25, 0.3) is 0 Å². The minimum Gasteiger partial charge on any atom is -0.508 e. The molecule has 0 amide bonds. The van der Waals surface area contributed by atoms with Gasteiger partial charge in [-0.15, -0.1) is 0 Å². The van der Waals surface area contributed by atoms with Crippen LogP contribution in [0.1, 0.15) is 46.1 Å². The lowest BCUT2D eigenvalue weighted by atomic mass is 10.1. The van der Waals surface area contributed by atoms with Crippen LogP contribution < -0.4 is 10.6 Å². The van der Waals surface area contributed by atoms with Gasteiger partial charge in [0.05, 0.1) is 0 Å². The highest BCUT2D eigenvalue weighted by molar-refractivity contribution is 5.80. The largest absolute Gasteiger partial charge is 0.508 e. The fourth-order valence-corrected chi connectivity index (χ4v) is 2.80. The van der Waals surface area contributed by atoms with Crippen LogP contribution in [-0.4, -0.2) is 54.7 Å². The van der Waals surface area contributed by atoms with Gasteiger partial charge in [0, 0.05) is 19.1 Å². The van der Waals surface area contributed by atoms with Gasteiger partial charge in [-0.1, -0.05) is 26.0 Å². The lowest BCUT2D eigenvalue weighted by molar-refractivity contribution is 0.292. The fourth-order valence-electron chi connectivity index (χ4n) is 2.80. The Bertz CT molecular complexity index is 500. The summed E-state index contributed by atoms with van der Waals surface area (Å²) in [7, 11) is 0. The molecular weight excluding hydrogens is 312 g/mol. The van der Waals surface area contributed by atoms with Crippen LogP contribution in [0.4, 0.5) is 0 Å². The molecule has 1 rings (SSSR count). The molecule has 0 saturated carbocycles. The van der Waals surface area contributed by atoms with Gasteiger partial charge in [0.1, 0.15) is 5.75 Å². The summed E-state index contributed by atoms with van der Waals surface area (Å²) in [5.74, 6) is 1.19. The summed E-state index contributed by atoms with van der Waals surface area (Å²) in [5.41, 5.74) is 1.10. The highest BCUT2D eigenvalue weighted by atomic mass is 16.3. The van der Waals surface area contributed by atoms with E-state index in [2.05, 4.69) is 48.2 Å². The first-order valence-electron chi connectivity index (χ1n) is 9.64. The first-order chi connectivity index (χ1) is 12.1. The van der Waals surface area contributed by atoms with Gasteiger partial charge in [0.25, 0.3) is 0 Å². The van der Waals surface area contributed by atoms with Crippen molar-refractivity contribution in [1.29, 1.82) is 0 Å². The first-order valence-corrected chi connectivity index (χ1v) is 9.64. The number of aliphatic imine (C=N–C) groups is 1. The molecule has 5 heteroatoms. The standard InChI is InChI=1S/C20H36N4O/c1-5-21-20(22-14-13-18-11-8-12-19(25)16-18)23-17(4)10-9-15-24(6-2)7-3/h8,11-12,16-17,25H,5-7,9-10,13-15H2,1-4H3,(H2,21,22,23). The van der Waals surface area contributed by atoms with E-state index in [0.29, 0.717) is 18.3 Å². The van der Waals surface area contributed by atoms with Crippen molar-refractivity contribution < 1.29 is 5.11 Å². The van der Waals surface area contributed by atoms with Gasteiger partial charge in [-0.2, -0.15) is 0 Å². The molecule has 0 fully saturated rings. The van der Waals surface area contributed by atoms with E-state index < -0.39 is 0 Å². The van der Waals surface area contributed by atoms with Crippen molar-refractivity contribution in [3.8, 4) is 5.75 Å². The summed E-state index contributed by atoms with van der Waals surface area (Å²) < 4.78 is 0. The Balaban J connectivity index is 2.41. The van der Waals surface area contributed by atoms with Crippen LogP contribution in [-0.2, 0) is 6.42 Å². The number of phenols is 1. The molecule has 1 unspecified atom stereocenters. The number of aromatic hydroxyl groups is 1. The molecule has 1 aromatic carbocycles. The second-order valence-electron chi connectivity index (χ2n) is 6.40. The highest BCUT2D eigenvalue weighted by Gasteiger charge is 2.06. The van der Waals surface area contributed by atoms with Gasteiger partial charge < -0.3 is 20.6 Å². The molecule has 0 heterocycles. The SMILES string of the molecule is CCNC(=NCCc1cccc(O)c1)NC(C)CCCN(CC)CC. The maximum atomic E-state index is 9.52. The zero-order valence-electron chi connectivity index (χ0n) is 16.4. The minimum atomic E-state index is 0.313. The molecule has 0 radical (unpaired) electrons. The molecule has 0 bridgehead atoms. The predicted octanol–water partition coefficient (Wildman–Crippen LogP) is 3.00. The number of benzene rings is 1. The Morgan fingerprint density at radius 3 is 2.64 bits per heavy atom. The molecule has 0 aromatic heterocycles. The number of nitrogens with zero attached hydrogens (tertiary/aromatic N) is 2. The van der Waals surface area contributed by atoms with Crippen LogP contribution in [0.15, 0.2) is 29.3 Å². The van der Waals surface area contributed by atoms with Gasteiger partial charge in [-0.25, -0.2) is 0 Å². The molecule has 0 aliphatic rings. The van der Waals surface area contributed by atoms with Crippen molar-refractivity contribution in [2.45, 2.75) is 53.0 Å². The lowest BCUT2D eigenvalue weighted by Gasteiger charge is -2.21. The van der Waals surface area contributed by atoms with Crippen molar-refractivity contribution in [1.82, 2.24) is 15.5 Å². The molecule has 142 valence electrons. The summed E-state index contributed by atoms with van der Waals surface area (Å²) in [6.45, 7) is 13.7. The van der Waals surface area contributed by atoms with E-state index in [1.165, 1.54) is 6.42 Å². The van der Waals surface area contributed by atoms with Crippen LogP contribution in [0.5, 0.6) is 5.75 Å². The van der Waals surface area contributed by atoms with Crippen LogP contribution in [0, 0.1) is 0 Å². The van der Waals surface area contributed by atoms with Gasteiger partial charge >= 0.3 is 0 Å². The maximum Gasteiger partial charge on any atom is 0.191 e. The van der Waals surface area contributed by atoms with E-state index >= 15 is 0 Å². The third-order valence-electron chi connectivity index (χ3n) is 4.31. The van der Waals surface area contributed by atoms with Crippen LogP contribution >= 0.6 is 0 Å². The van der Waals surface area contributed by atoms with Crippen molar-refractivity contribution in [2.75, 3.05) is 32.7 Å². The Morgan fingerprint density at radius 1 is 1.24 bits per heavy atom. The maximum absolute atomic E-state index is 9.52. The number of guanidine groups is 1. The van der Waals surface area contributed by atoms with E-state index in [4.69, 9.17) is 0 Å². The topological polar surface area (TPSA) is 59.9 Å². The lowest BCUT2D eigenvalue weighted by Crippen LogP contribution is -2.42. The van der Waals surface area contributed by atoms with Gasteiger partial charge in [0.2, 0.25) is 0 Å². The summed E-state index contributed by atoms with van der Waals surface area (Å²) >= 11 is 0. The van der Waals surface area contributed by atoms with E-state index in [1.54, 1.807) is 12.1 Å². The number of hydrogen-bond acceptors (Lipinski definition) is 3. The Labute approximate surface area is 153 Å². The number of phenolic OH excluding ortho intramolecular Hbond substituents is 1. The Hall–Kier alpha value is -1.75. The van der Waals surface area contributed by atoms with Crippen LogP contribution in [0.2, 0.25) is 0 Å². The second-order valence-corrected chi connectivity index (χ2v) is 6.40. The summed E-state index contributed by atoms with van der Waals surface area (Å²) in [6, 6.07) is 7.78. The van der Waals surface area contributed by atoms with Crippen LogP contribution in [0.3, 0.4) is 0 Å². The van der Waals surface area contributed by atoms with Crippen molar-refractivity contribution in [3.63, 3.8) is 0 Å². The molecule has 1 atom stereocenters. The zero-order valence-corrected chi connectivity index (χ0v) is 16.4. The Kier molecular flexibility index (Phi) is 10.7. The molecule has 0 spiro atoms. The molecule has 1 aromatic rings. The fraction of sp³-hybridized carbons (Fsp3) is 0.650. The zero-order chi connectivity index (χ0) is 18.5. The minimum absolute atomic E-state index is 0.313. The normalized spacial score (nSPS) is 13.1. The number of hydrogen-bond donors (Lipinski definition) is 3. The average molecular weight is 349 g/mol. The van der Waals surface area contributed by atoms with E-state index in [1.807, 2.05) is 12.1 Å². The molecule has 5 nitrogen and oxygen atoms in total. The smallest absolute Gasteiger partial charge is 0.191 e. The molecule has 0 saturated heterocycles. The summed E-state index contributed by atoms with van der Waals surface area (Å²) in [4.78, 5) is 7.12. The molecular formula is C20H36N4O. The van der Waals surface area contributed by atoms with Gasteiger partial charge in [0.15, 0.2) is 5.96 Å². The average Bonchev–Trinajstić information content (AvgIpc) is 2.59. The Morgan fingerprint density at radius 2 is 2.00 bits per heavy atom. The molecule has 0 aliphatic heterocycles. The number of rotatable bonds is 11. The number of nitrogens with one attached hydrogen (secondary N) is 2. The van der Waals surface area contributed by atoms with Crippen molar-refractivity contribution in [2.24, 2.45) is 4.99 Å². The van der Waals surface area contributed by atoms with Gasteiger partial charge in [-0.05, 0) is 70.4 Å². The highest BCUT2D eigenvalue weighted by Crippen LogP contribution is 2.11. The molecule has 25 heavy (non-hydrogen) atoms. The second kappa shape index (κ2) is 12.6.